The highest BCUT2D eigenvalue weighted by Gasteiger charge is 2.11. The van der Waals surface area contributed by atoms with Crippen LogP contribution in [-0.2, 0) is 4.74 Å². The molecule has 3 aromatic rings. The van der Waals surface area contributed by atoms with Crippen LogP contribution in [0.4, 0.5) is 0 Å². The first kappa shape index (κ1) is 19.3. The van der Waals surface area contributed by atoms with Gasteiger partial charge in [0, 0.05) is 18.2 Å². The van der Waals surface area contributed by atoms with Crippen LogP contribution in [0.2, 0.25) is 0 Å². The van der Waals surface area contributed by atoms with Gasteiger partial charge in [0.15, 0.2) is 5.78 Å². The molecular weight excluding hydrogens is 356 g/mol. The minimum atomic E-state index is -0.481. The van der Waals surface area contributed by atoms with Crippen molar-refractivity contribution in [3.8, 4) is 11.5 Å². The molecular formula is C23H20O5. The molecule has 0 amide bonds. The molecule has 0 unspecified atom stereocenters. The van der Waals surface area contributed by atoms with Gasteiger partial charge in [-0.1, -0.05) is 30.3 Å². The molecule has 5 nitrogen and oxygen atoms in total. The van der Waals surface area contributed by atoms with Gasteiger partial charge in [-0.15, -0.1) is 0 Å². The zero-order chi connectivity index (χ0) is 19.8. The Balaban J connectivity index is 1.60. The maximum Gasteiger partial charge on any atom is 0.343 e. The van der Waals surface area contributed by atoms with E-state index in [0.717, 1.165) is 0 Å². The first-order valence-electron chi connectivity index (χ1n) is 8.81. The van der Waals surface area contributed by atoms with E-state index < -0.39 is 5.97 Å². The molecule has 0 aromatic heterocycles. The number of rotatable bonds is 8. The summed E-state index contributed by atoms with van der Waals surface area (Å²) in [7, 11) is 1.60. The van der Waals surface area contributed by atoms with E-state index in [1.54, 1.807) is 67.8 Å². The lowest BCUT2D eigenvalue weighted by Gasteiger charge is -2.08. The number of esters is 1. The summed E-state index contributed by atoms with van der Waals surface area (Å²) in [5, 5.41) is 0. The van der Waals surface area contributed by atoms with Gasteiger partial charge in [-0.3, -0.25) is 4.79 Å². The van der Waals surface area contributed by atoms with Crippen molar-refractivity contribution < 1.29 is 23.8 Å². The molecule has 0 atom stereocenters. The first-order valence-corrected chi connectivity index (χ1v) is 8.81. The van der Waals surface area contributed by atoms with Gasteiger partial charge in [-0.25, -0.2) is 4.79 Å². The number of methoxy groups -OCH3 is 1. The fraction of sp³-hybridized carbons (Fsp3) is 0.130. The van der Waals surface area contributed by atoms with Gasteiger partial charge >= 0.3 is 5.97 Å². The van der Waals surface area contributed by atoms with Gasteiger partial charge in [0.1, 0.15) is 18.1 Å². The van der Waals surface area contributed by atoms with E-state index in [9.17, 15) is 9.59 Å². The molecule has 0 saturated carbocycles. The van der Waals surface area contributed by atoms with Gasteiger partial charge in [-0.05, 0) is 48.5 Å². The average molecular weight is 376 g/mol. The second-order valence-corrected chi connectivity index (χ2v) is 5.97. The van der Waals surface area contributed by atoms with Gasteiger partial charge < -0.3 is 14.2 Å². The number of hydrogen-bond acceptors (Lipinski definition) is 5. The molecule has 0 fully saturated rings. The number of carbonyl (C=O) groups is 2. The monoisotopic (exact) mass is 376 g/mol. The maximum atomic E-state index is 12.4. The number of ether oxygens (including phenoxy) is 3. The predicted octanol–water partition coefficient (Wildman–Crippen LogP) is 4.16. The molecule has 0 aliphatic carbocycles. The third-order valence-electron chi connectivity index (χ3n) is 4.01. The van der Waals surface area contributed by atoms with Gasteiger partial charge in [0.2, 0.25) is 0 Å². The van der Waals surface area contributed by atoms with Crippen LogP contribution in [0.5, 0.6) is 11.5 Å². The Morgan fingerprint density at radius 3 is 1.89 bits per heavy atom. The van der Waals surface area contributed by atoms with E-state index in [-0.39, 0.29) is 5.78 Å². The van der Waals surface area contributed by atoms with E-state index in [2.05, 4.69) is 0 Å². The maximum absolute atomic E-state index is 12.4. The molecule has 3 aromatic carbocycles. The van der Waals surface area contributed by atoms with E-state index in [4.69, 9.17) is 14.2 Å². The smallest absolute Gasteiger partial charge is 0.343 e. The molecule has 0 bridgehead atoms. The lowest BCUT2D eigenvalue weighted by atomic mass is 10.0. The highest BCUT2D eigenvalue weighted by Crippen LogP contribution is 2.18. The average Bonchev–Trinajstić information content (AvgIpc) is 2.75. The summed E-state index contributed by atoms with van der Waals surface area (Å²) in [4.78, 5) is 24.7. The summed E-state index contributed by atoms with van der Waals surface area (Å²) in [6.45, 7) is 0.931. The van der Waals surface area contributed by atoms with Crippen molar-refractivity contribution in [1.29, 1.82) is 0 Å². The lowest BCUT2D eigenvalue weighted by molar-refractivity contribution is 0.0734. The molecule has 0 saturated heterocycles. The first-order chi connectivity index (χ1) is 13.7. The van der Waals surface area contributed by atoms with Crippen LogP contribution in [0.25, 0.3) is 0 Å². The van der Waals surface area contributed by atoms with E-state index in [1.165, 1.54) is 0 Å². The molecule has 0 heterocycles. The molecule has 5 heteroatoms. The van der Waals surface area contributed by atoms with Crippen LogP contribution in [0, 0.1) is 0 Å². The van der Waals surface area contributed by atoms with Crippen LogP contribution in [0.1, 0.15) is 26.3 Å². The number of hydrogen-bond donors (Lipinski definition) is 0. The summed E-state index contributed by atoms with van der Waals surface area (Å²) in [6.07, 6.45) is 0. The highest BCUT2D eigenvalue weighted by molar-refractivity contribution is 6.09. The summed E-state index contributed by atoms with van der Waals surface area (Å²) >= 11 is 0. The Labute approximate surface area is 163 Å². The van der Waals surface area contributed by atoms with Crippen LogP contribution in [0.3, 0.4) is 0 Å². The van der Waals surface area contributed by atoms with Crippen molar-refractivity contribution >= 4 is 11.8 Å². The third kappa shape index (κ3) is 5.05. The Morgan fingerprint density at radius 2 is 1.25 bits per heavy atom. The molecule has 142 valence electrons. The standard InChI is InChI=1S/C23H20O5/c1-26-15-16-27-20-11-9-19(10-12-20)23(25)28-21-13-7-18(8-14-21)22(24)17-5-3-2-4-6-17/h2-14H,15-16H2,1H3. The second kappa shape index (κ2) is 9.48. The lowest BCUT2D eigenvalue weighted by Crippen LogP contribution is -2.09. The van der Waals surface area contributed by atoms with Crippen LogP contribution < -0.4 is 9.47 Å². The molecule has 0 spiro atoms. The Hall–Kier alpha value is -3.44. The SMILES string of the molecule is COCCOc1ccc(C(=O)Oc2ccc(C(=O)c3ccccc3)cc2)cc1. The summed E-state index contributed by atoms with van der Waals surface area (Å²) in [5.74, 6) is 0.459. The zero-order valence-electron chi connectivity index (χ0n) is 15.5. The Morgan fingerprint density at radius 1 is 0.679 bits per heavy atom. The fourth-order valence-corrected chi connectivity index (χ4v) is 2.53. The quantitative estimate of drug-likeness (QED) is 0.256. The summed E-state index contributed by atoms with van der Waals surface area (Å²) in [5.41, 5.74) is 1.55. The Bertz CT molecular complexity index is 915. The second-order valence-electron chi connectivity index (χ2n) is 5.97. The zero-order valence-corrected chi connectivity index (χ0v) is 15.5. The van der Waals surface area contributed by atoms with Crippen molar-refractivity contribution in [2.45, 2.75) is 0 Å². The minimum absolute atomic E-state index is 0.0810. The van der Waals surface area contributed by atoms with E-state index >= 15 is 0 Å². The Kier molecular flexibility index (Phi) is 6.54. The van der Waals surface area contributed by atoms with Crippen molar-refractivity contribution in [3.63, 3.8) is 0 Å². The highest BCUT2D eigenvalue weighted by atomic mass is 16.5. The molecule has 28 heavy (non-hydrogen) atoms. The van der Waals surface area contributed by atoms with Crippen LogP contribution >= 0.6 is 0 Å². The molecule has 0 aliphatic heterocycles. The third-order valence-corrected chi connectivity index (χ3v) is 4.01. The molecule has 0 N–H and O–H groups in total. The normalized spacial score (nSPS) is 10.3. The number of benzene rings is 3. The largest absolute Gasteiger partial charge is 0.491 e. The van der Waals surface area contributed by atoms with Crippen molar-refractivity contribution in [1.82, 2.24) is 0 Å². The van der Waals surface area contributed by atoms with Gasteiger partial charge in [-0.2, -0.15) is 0 Å². The molecule has 0 aliphatic rings. The van der Waals surface area contributed by atoms with Gasteiger partial charge in [0.25, 0.3) is 0 Å². The topological polar surface area (TPSA) is 61.8 Å². The molecule has 0 radical (unpaired) electrons. The van der Waals surface area contributed by atoms with E-state index in [0.29, 0.717) is 41.4 Å². The minimum Gasteiger partial charge on any atom is -0.491 e. The number of ketones is 1. The number of carbonyl (C=O) groups excluding carboxylic acids is 2. The fourth-order valence-electron chi connectivity index (χ4n) is 2.53. The van der Waals surface area contributed by atoms with Crippen molar-refractivity contribution in [2.75, 3.05) is 20.3 Å². The van der Waals surface area contributed by atoms with Crippen LogP contribution in [0.15, 0.2) is 78.9 Å². The molecule has 3 rings (SSSR count). The summed E-state index contributed by atoms with van der Waals surface area (Å²) < 4.78 is 15.8. The van der Waals surface area contributed by atoms with Crippen molar-refractivity contribution in [2.24, 2.45) is 0 Å². The van der Waals surface area contributed by atoms with Gasteiger partial charge in [0.05, 0.1) is 12.2 Å². The van der Waals surface area contributed by atoms with Crippen molar-refractivity contribution in [3.05, 3.63) is 95.6 Å². The predicted molar refractivity (Wildman–Crippen MR) is 105 cm³/mol. The summed E-state index contributed by atoms with van der Waals surface area (Å²) in [6, 6.07) is 22.2. The van der Waals surface area contributed by atoms with E-state index in [1.807, 2.05) is 18.2 Å². The van der Waals surface area contributed by atoms with Crippen LogP contribution in [-0.4, -0.2) is 32.1 Å².